The van der Waals surface area contributed by atoms with E-state index in [4.69, 9.17) is 9.26 Å². The Hall–Kier alpha value is -2.67. The molecule has 2 aromatic heterocycles. The summed E-state index contributed by atoms with van der Waals surface area (Å²) in [7, 11) is 0. The van der Waals surface area contributed by atoms with Crippen LogP contribution in [0, 0.1) is 27.7 Å². The molecule has 28 heavy (non-hydrogen) atoms. The van der Waals surface area contributed by atoms with Crippen LogP contribution in [0.4, 0.5) is 0 Å². The van der Waals surface area contributed by atoms with Gasteiger partial charge in [0.2, 0.25) is 5.78 Å². The Morgan fingerprint density at radius 3 is 2.57 bits per heavy atom. The van der Waals surface area contributed by atoms with E-state index in [2.05, 4.69) is 21.1 Å². The van der Waals surface area contributed by atoms with E-state index in [0.29, 0.717) is 22.6 Å². The Morgan fingerprint density at radius 2 is 1.93 bits per heavy atom. The predicted octanol–water partition coefficient (Wildman–Crippen LogP) is 4.43. The third-order valence-electron chi connectivity index (χ3n) is 4.66. The molecular weight excluding hydrogens is 424 g/mol. The van der Waals surface area contributed by atoms with Gasteiger partial charge in [0, 0.05) is 32.7 Å². The molecule has 0 aliphatic carbocycles. The predicted molar refractivity (Wildman–Crippen MR) is 108 cm³/mol. The molecule has 2 heterocycles. The van der Waals surface area contributed by atoms with Crippen molar-refractivity contribution in [1.29, 1.82) is 0 Å². The average Bonchev–Trinajstić information content (AvgIpc) is 3.12. The molecule has 1 aromatic carbocycles. The van der Waals surface area contributed by atoms with Crippen molar-refractivity contribution in [1.82, 2.24) is 9.72 Å². The first-order valence-corrected chi connectivity index (χ1v) is 9.62. The number of aromatic nitrogens is 2. The lowest BCUT2D eigenvalue weighted by Gasteiger charge is -2.10. The first-order chi connectivity index (χ1) is 13.3. The zero-order valence-corrected chi connectivity index (χ0v) is 17.8. The van der Waals surface area contributed by atoms with E-state index >= 15 is 0 Å². The SMILES string of the molecule is Cc1noc(C)c1CC(=O)OCC(=O)c1cc(C)n(-c2cccc(Br)c2)c1C. The monoisotopic (exact) mass is 444 g/mol. The third-order valence-corrected chi connectivity index (χ3v) is 5.16. The van der Waals surface area contributed by atoms with Crippen LogP contribution in [0.1, 0.15) is 38.8 Å². The minimum Gasteiger partial charge on any atom is -0.457 e. The number of Topliss-reactive ketones (excluding diaryl/α,β-unsaturated/α-hetero) is 1. The zero-order valence-electron chi connectivity index (χ0n) is 16.2. The molecule has 0 atom stereocenters. The smallest absolute Gasteiger partial charge is 0.310 e. The number of carbonyl (C=O) groups excluding carboxylic acids is 2. The van der Waals surface area contributed by atoms with Gasteiger partial charge >= 0.3 is 5.97 Å². The Balaban J connectivity index is 1.71. The summed E-state index contributed by atoms with van der Waals surface area (Å²) >= 11 is 3.47. The summed E-state index contributed by atoms with van der Waals surface area (Å²) in [4.78, 5) is 24.8. The van der Waals surface area contributed by atoms with E-state index in [-0.39, 0.29) is 18.8 Å². The van der Waals surface area contributed by atoms with Crippen LogP contribution < -0.4 is 0 Å². The molecule has 0 aliphatic heterocycles. The van der Waals surface area contributed by atoms with E-state index in [1.165, 1.54) is 0 Å². The number of ketones is 1. The number of nitrogens with zero attached hydrogens (tertiary/aromatic N) is 2. The quantitative estimate of drug-likeness (QED) is 0.415. The maximum atomic E-state index is 12.6. The normalized spacial score (nSPS) is 10.9. The fourth-order valence-corrected chi connectivity index (χ4v) is 3.62. The van der Waals surface area contributed by atoms with Crippen LogP contribution in [0.5, 0.6) is 0 Å². The Kier molecular flexibility index (Phi) is 5.84. The zero-order chi connectivity index (χ0) is 20.4. The highest BCUT2D eigenvalue weighted by Crippen LogP contribution is 2.23. The Labute approximate surface area is 171 Å². The number of esters is 1. The summed E-state index contributed by atoms with van der Waals surface area (Å²) in [6.07, 6.45) is 0.0332. The lowest BCUT2D eigenvalue weighted by Crippen LogP contribution is -2.16. The summed E-state index contributed by atoms with van der Waals surface area (Å²) in [6, 6.07) is 9.67. The van der Waals surface area contributed by atoms with Crippen molar-refractivity contribution in [2.24, 2.45) is 0 Å². The van der Waals surface area contributed by atoms with E-state index in [1.807, 2.05) is 48.7 Å². The fourth-order valence-electron chi connectivity index (χ4n) is 3.23. The van der Waals surface area contributed by atoms with Crippen LogP contribution in [0.3, 0.4) is 0 Å². The molecule has 3 rings (SSSR count). The van der Waals surface area contributed by atoms with Gasteiger partial charge in [-0.2, -0.15) is 0 Å². The maximum absolute atomic E-state index is 12.6. The van der Waals surface area contributed by atoms with Crippen LogP contribution in [0.25, 0.3) is 5.69 Å². The molecule has 146 valence electrons. The first kappa shape index (κ1) is 20.1. The second-order valence-corrected chi connectivity index (χ2v) is 7.58. The molecule has 0 spiro atoms. The molecule has 0 amide bonds. The summed E-state index contributed by atoms with van der Waals surface area (Å²) in [5.41, 5.74) is 4.59. The number of aryl methyl sites for hydroxylation is 3. The van der Waals surface area contributed by atoms with Crippen molar-refractivity contribution in [3.05, 3.63) is 68.8 Å². The van der Waals surface area contributed by atoms with E-state index in [9.17, 15) is 9.59 Å². The highest BCUT2D eigenvalue weighted by molar-refractivity contribution is 9.10. The topological polar surface area (TPSA) is 74.3 Å². The number of ether oxygens (including phenoxy) is 1. The molecule has 7 heteroatoms. The summed E-state index contributed by atoms with van der Waals surface area (Å²) in [6.45, 7) is 7.03. The maximum Gasteiger partial charge on any atom is 0.310 e. The van der Waals surface area contributed by atoms with Crippen molar-refractivity contribution in [2.75, 3.05) is 6.61 Å². The van der Waals surface area contributed by atoms with Crippen LogP contribution in [-0.4, -0.2) is 28.1 Å². The average molecular weight is 445 g/mol. The number of hydrogen-bond acceptors (Lipinski definition) is 5. The van der Waals surface area contributed by atoms with Gasteiger partial charge in [-0.05, 0) is 52.0 Å². The van der Waals surface area contributed by atoms with E-state index in [1.54, 1.807) is 13.8 Å². The van der Waals surface area contributed by atoms with Gasteiger partial charge < -0.3 is 13.8 Å². The molecule has 0 saturated carbocycles. The molecule has 0 bridgehead atoms. The lowest BCUT2D eigenvalue weighted by molar-refractivity contribution is -0.141. The second-order valence-electron chi connectivity index (χ2n) is 6.66. The van der Waals surface area contributed by atoms with Gasteiger partial charge in [0.15, 0.2) is 6.61 Å². The summed E-state index contributed by atoms with van der Waals surface area (Å²) in [5, 5.41) is 3.82. The van der Waals surface area contributed by atoms with Gasteiger partial charge in [0.05, 0.1) is 12.1 Å². The number of carbonyl (C=O) groups is 2. The number of benzene rings is 1. The molecule has 3 aromatic rings. The third kappa shape index (κ3) is 4.09. The molecule has 0 N–H and O–H groups in total. The molecule has 0 saturated heterocycles. The van der Waals surface area contributed by atoms with Crippen molar-refractivity contribution in [2.45, 2.75) is 34.1 Å². The van der Waals surface area contributed by atoms with Crippen molar-refractivity contribution >= 4 is 27.7 Å². The van der Waals surface area contributed by atoms with Crippen molar-refractivity contribution in [3.8, 4) is 5.69 Å². The summed E-state index contributed by atoms with van der Waals surface area (Å²) < 4.78 is 13.2. The lowest BCUT2D eigenvalue weighted by atomic mass is 10.1. The van der Waals surface area contributed by atoms with Gasteiger partial charge in [-0.25, -0.2) is 0 Å². The standard InChI is InChI=1S/C21H21BrN2O4/c1-12-8-19(14(3)24(12)17-7-5-6-16(22)9-17)20(25)11-27-21(26)10-18-13(2)23-28-15(18)4/h5-9H,10-11H2,1-4H3. The number of hydrogen-bond donors (Lipinski definition) is 0. The van der Waals surface area contributed by atoms with Crippen LogP contribution >= 0.6 is 15.9 Å². The molecule has 6 nitrogen and oxygen atoms in total. The minimum absolute atomic E-state index is 0.0332. The fraction of sp³-hybridized carbons (Fsp3) is 0.286. The van der Waals surface area contributed by atoms with Crippen molar-refractivity contribution < 1.29 is 18.8 Å². The molecular formula is C21H21BrN2O4. The largest absolute Gasteiger partial charge is 0.457 e. The molecule has 0 aliphatic rings. The highest BCUT2D eigenvalue weighted by Gasteiger charge is 2.20. The minimum atomic E-state index is -0.483. The summed E-state index contributed by atoms with van der Waals surface area (Å²) in [5.74, 6) is -0.136. The second kappa shape index (κ2) is 8.14. The molecule has 0 fully saturated rings. The van der Waals surface area contributed by atoms with Gasteiger partial charge in [-0.3, -0.25) is 9.59 Å². The Morgan fingerprint density at radius 1 is 1.18 bits per heavy atom. The molecule has 0 radical (unpaired) electrons. The van der Waals surface area contributed by atoms with Crippen molar-refractivity contribution in [3.63, 3.8) is 0 Å². The first-order valence-electron chi connectivity index (χ1n) is 8.83. The van der Waals surface area contributed by atoms with Gasteiger partial charge in [0.25, 0.3) is 0 Å². The number of halogens is 1. The van der Waals surface area contributed by atoms with E-state index < -0.39 is 5.97 Å². The van der Waals surface area contributed by atoms with Gasteiger partial charge in [-0.1, -0.05) is 27.2 Å². The van der Waals surface area contributed by atoms with Gasteiger partial charge in [0.1, 0.15) is 5.76 Å². The highest BCUT2D eigenvalue weighted by atomic mass is 79.9. The van der Waals surface area contributed by atoms with Crippen LogP contribution in [0.2, 0.25) is 0 Å². The van der Waals surface area contributed by atoms with Gasteiger partial charge in [-0.15, -0.1) is 0 Å². The number of rotatable bonds is 6. The van der Waals surface area contributed by atoms with Crippen LogP contribution in [-0.2, 0) is 16.0 Å². The molecule has 0 unspecified atom stereocenters. The van der Waals surface area contributed by atoms with E-state index in [0.717, 1.165) is 21.5 Å². The van der Waals surface area contributed by atoms with Crippen LogP contribution in [0.15, 0.2) is 39.3 Å². The Bertz CT molecular complexity index is 1030.